The van der Waals surface area contributed by atoms with E-state index in [4.69, 9.17) is 0 Å². The topological polar surface area (TPSA) is 70.6 Å². The van der Waals surface area contributed by atoms with E-state index in [-0.39, 0.29) is 17.7 Å². The largest absolute Gasteiger partial charge is 0.339 e. The van der Waals surface area contributed by atoms with Gasteiger partial charge in [-0.3, -0.25) is 9.69 Å². The van der Waals surface area contributed by atoms with Gasteiger partial charge in [0.05, 0.1) is 22.3 Å². The summed E-state index contributed by atoms with van der Waals surface area (Å²) in [4.78, 5) is 20.6. The van der Waals surface area contributed by atoms with Crippen molar-refractivity contribution in [2.24, 2.45) is 0 Å². The minimum absolute atomic E-state index is 0.124. The van der Waals surface area contributed by atoms with E-state index in [1.807, 2.05) is 23.1 Å². The number of carbonyl (C=O) groups is 1. The maximum absolute atomic E-state index is 12.3. The van der Waals surface area contributed by atoms with Crippen LogP contribution in [0.2, 0.25) is 0 Å². The Labute approximate surface area is 141 Å². The number of rotatable bonds is 4. The number of thioether (sulfide) groups is 1. The molecule has 1 aromatic heterocycles. The Kier molecular flexibility index (Phi) is 5.23. The summed E-state index contributed by atoms with van der Waals surface area (Å²) in [5.41, 5.74) is 0. The fraction of sp³-hybridized carbons (Fsp3) is 0.600. The van der Waals surface area contributed by atoms with Gasteiger partial charge in [0.1, 0.15) is 0 Å². The van der Waals surface area contributed by atoms with Crippen molar-refractivity contribution in [1.82, 2.24) is 14.8 Å². The first-order valence-electron chi connectivity index (χ1n) is 7.79. The lowest BCUT2D eigenvalue weighted by atomic mass is 10.2. The number of amides is 1. The maximum atomic E-state index is 12.3. The third-order valence-electron chi connectivity index (χ3n) is 4.37. The Balaban J connectivity index is 1.44. The monoisotopic (exact) mass is 355 g/mol. The molecular formula is C15H21N3O3S2. The standard InChI is InChI=1S/C15H21N3O3S2/c19-15(11-22-14-3-1-2-5-16-14)18-8-6-17(7-9-18)13-4-10-23(20,21)12-13/h1-3,5,13H,4,6-12H2/t13-/m0/s1. The zero-order chi connectivity index (χ0) is 16.3. The van der Waals surface area contributed by atoms with E-state index in [0.717, 1.165) is 24.5 Å². The van der Waals surface area contributed by atoms with E-state index in [1.54, 1.807) is 6.20 Å². The predicted molar refractivity (Wildman–Crippen MR) is 90.2 cm³/mol. The molecule has 2 aliphatic heterocycles. The number of nitrogens with zero attached hydrogens (tertiary/aromatic N) is 3. The first-order valence-corrected chi connectivity index (χ1v) is 10.6. The van der Waals surface area contributed by atoms with E-state index in [9.17, 15) is 13.2 Å². The molecule has 6 nitrogen and oxygen atoms in total. The lowest BCUT2D eigenvalue weighted by Gasteiger charge is -2.37. The fourth-order valence-electron chi connectivity index (χ4n) is 3.06. The van der Waals surface area contributed by atoms with Crippen molar-refractivity contribution < 1.29 is 13.2 Å². The summed E-state index contributed by atoms with van der Waals surface area (Å²) in [6, 6.07) is 5.80. The van der Waals surface area contributed by atoms with Gasteiger partial charge in [0.2, 0.25) is 5.91 Å². The second kappa shape index (κ2) is 7.19. The van der Waals surface area contributed by atoms with Crippen LogP contribution in [0, 0.1) is 0 Å². The Morgan fingerprint density at radius 1 is 1.26 bits per heavy atom. The van der Waals surface area contributed by atoms with E-state index >= 15 is 0 Å². The van der Waals surface area contributed by atoms with Gasteiger partial charge in [0, 0.05) is 38.4 Å². The van der Waals surface area contributed by atoms with Gasteiger partial charge < -0.3 is 4.90 Å². The second-order valence-electron chi connectivity index (χ2n) is 5.93. The highest BCUT2D eigenvalue weighted by atomic mass is 32.2. The number of piperazine rings is 1. The molecule has 0 aromatic carbocycles. The lowest BCUT2D eigenvalue weighted by Crippen LogP contribution is -2.52. The minimum Gasteiger partial charge on any atom is -0.339 e. The van der Waals surface area contributed by atoms with Crippen molar-refractivity contribution in [3.05, 3.63) is 24.4 Å². The Morgan fingerprint density at radius 2 is 2.04 bits per heavy atom. The van der Waals surface area contributed by atoms with Crippen molar-refractivity contribution in [3.63, 3.8) is 0 Å². The molecule has 0 bridgehead atoms. The molecule has 23 heavy (non-hydrogen) atoms. The van der Waals surface area contributed by atoms with E-state index in [2.05, 4.69) is 9.88 Å². The van der Waals surface area contributed by atoms with Gasteiger partial charge in [-0.25, -0.2) is 13.4 Å². The Hall–Kier alpha value is -1.12. The molecule has 1 aromatic rings. The zero-order valence-corrected chi connectivity index (χ0v) is 14.6. The van der Waals surface area contributed by atoms with Crippen molar-refractivity contribution in [3.8, 4) is 0 Å². The number of pyridine rings is 1. The van der Waals surface area contributed by atoms with Crippen molar-refractivity contribution in [1.29, 1.82) is 0 Å². The first kappa shape index (κ1) is 16.7. The average Bonchev–Trinajstić information content (AvgIpc) is 2.94. The summed E-state index contributed by atoms with van der Waals surface area (Å²) in [6.07, 6.45) is 2.45. The molecular weight excluding hydrogens is 334 g/mol. The molecule has 0 unspecified atom stereocenters. The zero-order valence-electron chi connectivity index (χ0n) is 12.9. The van der Waals surface area contributed by atoms with Crippen molar-refractivity contribution in [2.75, 3.05) is 43.4 Å². The van der Waals surface area contributed by atoms with Gasteiger partial charge in [-0.15, -0.1) is 0 Å². The highest BCUT2D eigenvalue weighted by Gasteiger charge is 2.34. The van der Waals surface area contributed by atoms with Crippen LogP contribution in [-0.4, -0.2) is 78.6 Å². The molecule has 3 rings (SSSR count). The van der Waals surface area contributed by atoms with Gasteiger partial charge >= 0.3 is 0 Å². The van der Waals surface area contributed by atoms with E-state index in [1.165, 1.54) is 11.8 Å². The second-order valence-corrected chi connectivity index (χ2v) is 9.15. The molecule has 1 atom stereocenters. The molecule has 2 aliphatic rings. The van der Waals surface area contributed by atoms with Gasteiger partial charge in [-0.05, 0) is 18.6 Å². The molecule has 0 aliphatic carbocycles. The summed E-state index contributed by atoms with van der Waals surface area (Å²) in [7, 11) is -2.85. The summed E-state index contributed by atoms with van der Waals surface area (Å²) < 4.78 is 23.2. The summed E-state index contributed by atoms with van der Waals surface area (Å²) >= 11 is 1.45. The lowest BCUT2D eigenvalue weighted by molar-refractivity contribution is -0.130. The number of carbonyl (C=O) groups excluding carboxylic acids is 1. The molecule has 2 fully saturated rings. The normalized spacial score (nSPS) is 24.7. The molecule has 126 valence electrons. The molecule has 0 radical (unpaired) electrons. The third kappa shape index (κ3) is 4.45. The van der Waals surface area contributed by atoms with Crippen LogP contribution in [0.15, 0.2) is 29.4 Å². The fourth-order valence-corrected chi connectivity index (χ4v) is 5.58. The number of hydrogen-bond donors (Lipinski definition) is 0. The molecule has 8 heteroatoms. The van der Waals surface area contributed by atoms with Crippen LogP contribution >= 0.6 is 11.8 Å². The molecule has 3 heterocycles. The van der Waals surface area contributed by atoms with Crippen molar-refractivity contribution >= 4 is 27.5 Å². The molecule has 2 saturated heterocycles. The van der Waals surface area contributed by atoms with Crippen LogP contribution in [0.4, 0.5) is 0 Å². The third-order valence-corrected chi connectivity index (χ3v) is 7.05. The first-order chi connectivity index (χ1) is 11.0. The van der Waals surface area contributed by atoms with Crippen LogP contribution in [0.3, 0.4) is 0 Å². The van der Waals surface area contributed by atoms with E-state index < -0.39 is 9.84 Å². The van der Waals surface area contributed by atoms with Crippen LogP contribution in [-0.2, 0) is 14.6 Å². The number of hydrogen-bond acceptors (Lipinski definition) is 6. The molecule has 0 saturated carbocycles. The van der Waals surface area contributed by atoms with Gasteiger partial charge in [-0.2, -0.15) is 0 Å². The highest BCUT2D eigenvalue weighted by Crippen LogP contribution is 2.20. The smallest absolute Gasteiger partial charge is 0.233 e. The predicted octanol–water partition coefficient (Wildman–Crippen LogP) is 0.505. The van der Waals surface area contributed by atoms with Crippen molar-refractivity contribution in [2.45, 2.75) is 17.5 Å². The van der Waals surface area contributed by atoms with Gasteiger partial charge in [0.25, 0.3) is 0 Å². The summed E-state index contributed by atoms with van der Waals surface area (Å²) in [5, 5.41) is 0.857. The molecule has 0 spiro atoms. The van der Waals surface area contributed by atoms with Crippen LogP contribution in [0.1, 0.15) is 6.42 Å². The minimum atomic E-state index is -2.85. The summed E-state index contributed by atoms with van der Waals surface area (Å²) in [5.74, 6) is 1.10. The number of sulfone groups is 1. The Morgan fingerprint density at radius 3 is 2.65 bits per heavy atom. The Bertz CT molecular complexity index is 643. The van der Waals surface area contributed by atoms with Crippen LogP contribution < -0.4 is 0 Å². The molecule has 1 amide bonds. The maximum Gasteiger partial charge on any atom is 0.233 e. The van der Waals surface area contributed by atoms with Crippen LogP contribution in [0.5, 0.6) is 0 Å². The quantitative estimate of drug-likeness (QED) is 0.733. The average molecular weight is 355 g/mol. The van der Waals surface area contributed by atoms with E-state index in [0.29, 0.717) is 24.6 Å². The van der Waals surface area contributed by atoms with Crippen LogP contribution in [0.25, 0.3) is 0 Å². The number of aromatic nitrogens is 1. The van der Waals surface area contributed by atoms with Gasteiger partial charge in [0.15, 0.2) is 9.84 Å². The SMILES string of the molecule is O=C(CSc1ccccn1)N1CCN([C@H]2CCS(=O)(=O)C2)CC1. The van der Waals surface area contributed by atoms with Gasteiger partial charge in [-0.1, -0.05) is 17.8 Å². The summed E-state index contributed by atoms with van der Waals surface area (Å²) in [6.45, 7) is 2.89. The molecule has 0 N–H and O–H groups in total. The highest BCUT2D eigenvalue weighted by molar-refractivity contribution is 7.99.